The molecule has 1 aliphatic heterocycles. The summed E-state index contributed by atoms with van der Waals surface area (Å²) in [6.07, 6.45) is 0. The Kier molecular flexibility index (Phi) is 4.15. The van der Waals surface area contributed by atoms with Crippen LogP contribution in [-0.4, -0.2) is 46.2 Å². The summed E-state index contributed by atoms with van der Waals surface area (Å²) >= 11 is 0. The van der Waals surface area contributed by atoms with Crippen LogP contribution in [0.4, 0.5) is 10.1 Å². The van der Waals surface area contributed by atoms with Crippen LogP contribution in [0, 0.1) is 15.9 Å². The normalized spacial score (nSPS) is 15.5. The van der Waals surface area contributed by atoms with Crippen LogP contribution in [0.3, 0.4) is 0 Å². The Labute approximate surface area is 120 Å². The molecule has 2 rings (SSSR count). The molecule has 112 valence electrons. The number of nitro groups is 1. The first-order chi connectivity index (χ1) is 9.93. The lowest BCUT2D eigenvalue weighted by Crippen LogP contribution is -2.53. The number of hydrogen-bond acceptors (Lipinski definition) is 4. The molecule has 0 aliphatic carbocycles. The second-order valence-corrected chi connectivity index (χ2v) is 4.67. The van der Waals surface area contributed by atoms with Crippen molar-refractivity contribution in [3.63, 3.8) is 0 Å². The van der Waals surface area contributed by atoms with Crippen LogP contribution >= 0.6 is 0 Å². The van der Waals surface area contributed by atoms with E-state index in [1.165, 1.54) is 21.9 Å². The van der Waals surface area contributed by atoms with Crippen molar-refractivity contribution in [1.82, 2.24) is 9.80 Å². The molecule has 7 nitrogen and oxygen atoms in total. The van der Waals surface area contributed by atoms with Crippen molar-refractivity contribution in [2.75, 3.05) is 19.6 Å². The van der Waals surface area contributed by atoms with Crippen LogP contribution in [0.5, 0.6) is 0 Å². The van der Waals surface area contributed by atoms with Gasteiger partial charge in [0.25, 0.3) is 0 Å². The molecule has 1 aromatic carbocycles. The van der Waals surface area contributed by atoms with Crippen molar-refractivity contribution in [2.24, 2.45) is 0 Å². The zero-order valence-electron chi connectivity index (χ0n) is 11.4. The minimum atomic E-state index is -0.972. The van der Waals surface area contributed by atoms with E-state index in [9.17, 15) is 24.1 Å². The molecule has 1 fully saturated rings. The third kappa shape index (κ3) is 2.99. The number of piperazine rings is 1. The Morgan fingerprint density at radius 2 is 1.86 bits per heavy atom. The molecule has 21 heavy (non-hydrogen) atoms. The summed E-state index contributed by atoms with van der Waals surface area (Å²) in [5, 5.41) is 10.7. The fourth-order valence-corrected chi connectivity index (χ4v) is 2.17. The largest absolute Gasteiger partial charge is 0.332 e. The SMILES string of the molecule is CCN1CC(=O)N(Cc2cccc([N+](=O)[O-])c2F)CC1=O. The van der Waals surface area contributed by atoms with Crippen molar-refractivity contribution in [3.05, 3.63) is 39.7 Å². The first-order valence-electron chi connectivity index (χ1n) is 6.41. The Balaban J connectivity index is 2.19. The van der Waals surface area contributed by atoms with E-state index in [2.05, 4.69) is 0 Å². The van der Waals surface area contributed by atoms with E-state index in [0.717, 1.165) is 6.07 Å². The van der Waals surface area contributed by atoms with Crippen molar-refractivity contribution < 1.29 is 18.9 Å². The Morgan fingerprint density at radius 1 is 1.24 bits per heavy atom. The fraction of sp³-hybridized carbons (Fsp3) is 0.385. The van der Waals surface area contributed by atoms with Crippen molar-refractivity contribution >= 4 is 17.5 Å². The molecule has 1 heterocycles. The van der Waals surface area contributed by atoms with E-state index >= 15 is 0 Å². The Morgan fingerprint density at radius 3 is 2.48 bits per heavy atom. The molecule has 0 bridgehead atoms. The smallest absolute Gasteiger partial charge is 0.305 e. The number of benzene rings is 1. The van der Waals surface area contributed by atoms with Gasteiger partial charge in [0.1, 0.15) is 6.54 Å². The maximum Gasteiger partial charge on any atom is 0.305 e. The number of likely N-dealkylation sites (N-methyl/N-ethyl adjacent to an activating group) is 1. The number of halogens is 1. The lowest BCUT2D eigenvalue weighted by molar-refractivity contribution is -0.387. The maximum absolute atomic E-state index is 14.0. The van der Waals surface area contributed by atoms with Gasteiger partial charge in [-0.15, -0.1) is 0 Å². The number of hydrogen-bond donors (Lipinski definition) is 0. The number of carbonyl (C=O) groups excluding carboxylic acids is 2. The molecule has 8 heteroatoms. The highest BCUT2D eigenvalue weighted by molar-refractivity contribution is 5.92. The summed E-state index contributed by atoms with van der Waals surface area (Å²) in [4.78, 5) is 36.2. The average Bonchev–Trinajstić information content (AvgIpc) is 2.44. The zero-order chi connectivity index (χ0) is 15.6. The molecule has 0 atom stereocenters. The molecular weight excluding hydrogens is 281 g/mol. The van der Waals surface area contributed by atoms with E-state index < -0.39 is 16.4 Å². The van der Waals surface area contributed by atoms with Gasteiger partial charge in [-0.3, -0.25) is 19.7 Å². The summed E-state index contributed by atoms with van der Waals surface area (Å²) in [5.41, 5.74) is -0.617. The monoisotopic (exact) mass is 295 g/mol. The van der Waals surface area contributed by atoms with Crippen LogP contribution in [0.25, 0.3) is 0 Å². The van der Waals surface area contributed by atoms with Gasteiger partial charge < -0.3 is 9.80 Å². The number of nitrogens with zero attached hydrogens (tertiary/aromatic N) is 3. The maximum atomic E-state index is 14.0. The summed E-state index contributed by atoms with van der Waals surface area (Å²) in [7, 11) is 0. The molecule has 0 N–H and O–H groups in total. The van der Waals surface area contributed by atoms with Crippen LogP contribution in [0.1, 0.15) is 12.5 Å². The highest BCUT2D eigenvalue weighted by Gasteiger charge is 2.30. The van der Waals surface area contributed by atoms with E-state index in [-0.39, 0.29) is 37.0 Å². The molecule has 0 unspecified atom stereocenters. The first kappa shape index (κ1) is 14.9. The number of rotatable bonds is 4. The lowest BCUT2D eigenvalue weighted by atomic mass is 10.1. The van der Waals surface area contributed by atoms with Gasteiger partial charge in [-0.2, -0.15) is 4.39 Å². The minimum Gasteiger partial charge on any atom is -0.332 e. The van der Waals surface area contributed by atoms with Gasteiger partial charge in [0.15, 0.2) is 0 Å². The van der Waals surface area contributed by atoms with Gasteiger partial charge in [-0.05, 0) is 6.92 Å². The van der Waals surface area contributed by atoms with Crippen molar-refractivity contribution in [2.45, 2.75) is 13.5 Å². The molecule has 2 amide bonds. The zero-order valence-corrected chi connectivity index (χ0v) is 11.4. The molecule has 1 aromatic rings. The van der Waals surface area contributed by atoms with Crippen molar-refractivity contribution in [1.29, 1.82) is 0 Å². The minimum absolute atomic E-state index is 0.0234. The average molecular weight is 295 g/mol. The van der Waals surface area contributed by atoms with Crippen molar-refractivity contribution in [3.8, 4) is 0 Å². The topological polar surface area (TPSA) is 83.8 Å². The first-order valence-corrected chi connectivity index (χ1v) is 6.41. The standard InChI is InChI=1S/C13H14FN3O4/c1-2-15-7-12(19)16(8-11(15)18)6-9-4-3-5-10(13(9)14)17(20)21/h3-5H,2,6-8H2,1H3. The van der Waals surface area contributed by atoms with E-state index in [0.29, 0.717) is 6.54 Å². The highest BCUT2D eigenvalue weighted by Crippen LogP contribution is 2.22. The predicted molar refractivity (Wildman–Crippen MR) is 70.7 cm³/mol. The molecule has 0 aromatic heterocycles. The van der Waals surface area contributed by atoms with Gasteiger partial charge in [0.2, 0.25) is 17.6 Å². The second kappa shape index (κ2) is 5.86. The van der Waals surface area contributed by atoms with Crippen LogP contribution in [0.15, 0.2) is 18.2 Å². The van der Waals surface area contributed by atoms with Gasteiger partial charge in [0, 0.05) is 24.7 Å². The van der Waals surface area contributed by atoms with Gasteiger partial charge >= 0.3 is 5.69 Å². The third-order valence-corrected chi connectivity index (χ3v) is 3.36. The second-order valence-electron chi connectivity index (χ2n) is 4.67. The fourth-order valence-electron chi connectivity index (χ4n) is 2.17. The Bertz CT molecular complexity index is 605. The summed E-state index contributed by atoms with van der Waals surface area (Å²) in [6.45, 7) is 1.85. The highest BCUT2D eigenvalue weighted by atomic mass is 19.1. The van der Waals surface area contributed by atoms with Crippen LogP contribution < -0.4 is 0 Å². The third-order valence-electron chi connectivity index (χ3n) is 3.36. The Hall–Kier alpha value is -2.51. The van der Waals surface area contributed by atoms with Gasteiger partial charge in [-0.1, -0.05) is 12.1 Å². The van der Waals surface area contributed by atoms with Crippen LogP contribution in [-0.2, 0) is 16.1 Å². The number of carbonyl (C=O) groups is 2. The predicted octanol–water partition coefficient (Wildman–Crippen LogP) is 0.925. The molecule has 0 spiro atoms. The summed E-state index contributed by atoms with van der Waals surface area (Å²) in [6, 6.07) is 3.78. The summed E-state index contributed by atoms with van der Waals surface area (Å²) in [5.74, 6) is -1.49. The molecule has 1 saturated heterocycles. The molecule has 1 aliphatic rings. The van der Waals surface area contributed by atoms with Gasteiger partial charge in [-0.25, -0.2) is 0 Å². The van der Waals surface area contributed by atoms with E-state index in [1.807, 2.05) is 0 Å². The number of nitro benzene ring substituents is 1. The molecular formula is C13H14FN3O4. The van der Waals surface area contributed by atoms with E-state index in [4.69, 9.17) is 0 Å². The lowest BCUT2D eigenvalue weighted by Gasteiger charge is -2.33. The van der Waals surface area contributed by atoms with Gasteiger partial charge in [0.05, 0.1) is 11.5 Å². The molecule has 0 radical (unpaired) electrons. The van der Waals surface area contributed by atoms with E-state index in [1.54, 1.807) is 6.92 Å². The van der Waals surface area contributed by atoms with Crippen LogP contribution in [0.2, 0.25) is 0 Å². The summed E-state index contributed by atoms with van der Waals surface area (Å²) < 4.78 is 14.0. The number of amides is 2. The quantitative estimate of drug-likeness (QED) is 0.611. The molecule has 0 saturated carbocycles.